The highest BCUT2D eigenvalue weighted by molar-refractivity contribution is 8.15. The first-order valence-corrected chi connectivity index (χ1v) is 8.96. The molecule has 1 aromatic carbocycles. The summed E-state index contributed by atoms with van der Waals surface area (Å²) < 4.78 is 39.4. The van der Waals surface area contributed by atoms with E-state index in [1.807, 2.05) is 0 Å². The molecule has 1 aromatic rings. The third kappa shape index (κ3) is 3.84. The molecule has 0 unspecified atom stereocenters. The Balaban J connectivity index is 1.95. The third-order valence-electron chi connectivity index (χ3n) is 4.14. The molecule has 0 saturated carbocycles. The Labute approximate surface area is 147 Å². The summed E-state index contributed by atoms with van der Waals surface area (Å²) in [5.41, 5.74) is -1.08. The van der Waals surface area contributed by atoms with Gasteiger partial charge in [0.05, 0.1) is 17.0 Å². The molecule has 25 heavy (non-hydrogen) atoms. The minimum Gasteiger partial charge on any atom is -0.510 e. The van der Waals surface area contributed by atoms with Crippen molar-refractivity contribution in [2.75, 3.05) is 18.8 Å². The van der Waals surface area contributed by atoms with Crippen molar-refractivity contribution < 1.29 is 23.1 Å². The van der Waals surface area contributed by atoms with Crippen LogP contribution in [-0.4, -0.2) is 39.8 Å². The van der Waals surface area contributed by atoms with E-state index in [0.717, 1.165) is 37.1 Å². The van der Waals surface area contributed by atoms with E-state index >= 15 is 0 Å². The smallest absolute Gasteiger partial charge is 0.418 e. The Morgan fingerprint density at radius 3 is 2.52 bits per heavy atom. The summed E-state index contributed by atoms with van der Waals surface area (Å²) in [7, 11) is 0. The fraction of sp³-hybridized carbons (Fsp3) is 0.412. The lowest BCUT2D eigenvalue weighted by Gasteiger charge is -2.27. The van der Waals surface area contributed by atoms with Crippen molar-refractivity contribution >= 4 is 28.4 Å². The quantitative estimate of drug-likeness (QED) is 0.844. The predicted molar refractivity (Wildman–Crippen MR) is 91.1 cm³/mol. The van der Waals surface area contributed by atoms with Crippen molar-refractivity contribution in [3.63, 3.8) is 0 Å². The van der Waals surface area contributed by atoms with Gasteiger partial charge in [-0.15, -0.1) is 0 Å². The number of halogens is 3. The van der Waals surface area contributed by atoms with Crippen LogP contribution in [-0.2, 0) is 11.0 Å². The number of amides is 1. The van der Waals surface area contributed by atoms with E-state index < -0.39 is 11.7 Å². The van der Waals surface area contributed by atoms with Crippen molar-refractivity contribution in [3.05, 3.63) is 41.2 Å². The van der Waals surface area contributed by atoms with E-state index in [0.29, 0.717) is 13.1 Å². The molecule has 1 amide bonds. The molecule has 0 spiro atoms. The monoisotopic (exact) mass is 370 g/mol. The maximum atomic E-state index is 13.1. The molecule has 8 heteroatoms. The lowest BCUT2D eigenvalue weighted by atomic mass is 10.1. The lowest BCUT2D eigenvalue weighted by Crippen LogP contribution is -2.37. The number of hydrogen-bond donors (Lipinski definition) is 1. The highest BCUT2D eigenvalue weighted by Crippen LogP contribution is 2.38. The van der Waals surface area contributed by atoms with Gasteiger partial charge in [-0.25, -0.2) is 4.99 Å². The van der Waals surface area contributed by atoms with Crippen LogP contribution in [0.25, 0.3) is 0 Å². The summed E-state index contributed by atoms with van der Waals surface area (Å²) in [5.74, 6) is -0.337. The van der Waals surface area contributed by atoms with Crippen molar-refractivity contribution in [3.8, 4) is 0 Å². The number of piperidine rings is 1. The summed E-state index contributed by atoms with van der Waals surface area (Å²) in [5, 5.41) is 10.2. The molecule has 1 saturated heterocycles. The maximum Gasteiger partial charge on any atom is 0.418 e. The molecule has 0 atom stereocenters. The molecule has 3 rings (SSSR count). The molecular formula is C17H17F3N2O2S. The van der Waals surface area contributed by atoms with Crippen molar-refractivity contribution in [2.24, 2.45) is 4.99 Å². The number of carbonyl (C=O) groups is 1. The second kappa shape index (κ2) is 7.11. The predicted octanol–water partition coefficient (Wildman–Crippen LogP) is 4.31. The number of alkyl halides is 3. The summed E-state index contributed by atoms with van der Waals surface area (Å²) >= 11 is 1.08. The standard InChI is InChI=1S/C17H17F3N2O2S/c18-17(19,20)11-6-2-3-7-12(11)21-15-14(13(23)10-25-15)16(24)22-8-4-1-5-9-22/h2-3,6-7,23H,1,4-5,8-10H2. The number of aliphatic hydroxyl groups is 1. The number of nitrogens with zero attached hydrogens (tertiary/aromatic N) is 2. The van der Waals surface area contributed by atoms with Crippen LogP contribution in [0.1, 0.15) is 24.8 Å². The number of aliphatic imine (C=N–C) groups is 1. The molecule has 4 nitrogen and oxygen atoms in total. The summed E-state index contributed by atoms with van der Waals surface area (Å²) in [6.07, 6.45) is -1.72. The Morgan fingerprint density at radius 1 is 1.16 bits per heavy atom. The van der Waals surface area contributed by atoms with Crippen molar-refractivity contribution in [1.82, 2.24) is 4.90 Å². The zero-order valence-corrected chi connectivity index (χ0v) is 14.2. The Morgan fingerprint density at radius 2 is 1.84 bits per heavy atom. The molecule has 2 aliphatic rings. The van der Waals surface area contributed by atoms with Gasteiger partial charge < -0.3 is 10.0 Å². The second-order valence-corrected chi connectivity index (χ2v) is 6.86. The molecule has 0 aliphatic carbocycles. The van der Waals surface area contributed by atoms with Crippen LogP contribution < -0.4 is 0 Å². The number of carbonyl (C=O) groups excluding carboxylic acids is 1. The van der Waals surface area contributed by atoms with Crippen LogP contribution in [0.2, 0.25) is 0 Å². The topological polar surface area (TPSA) is 52.9 Å². The van der Waals surface area contributed by atoms with Crippen molar-refractivity contribution in [2.45, 2.75) is 25.4 Å². The number of rotatable bonds is 2. The fourth-order valence-corrected chi connectivity index (χ4v) is 3.81. The van der Waals surface area contributed by atoms with E-state index in [2.05, 4.69) is 4.99 Å². The van der Waals surface area contributed by atoms with E-state index in [9.17, 15) is 23.1 Å². The van der Waals surface area contributed by atoms with Gasteiger partial charge >= 0.3 is 6.18 Å². The molecule has 134 valence electrons. The van der Waals surface area contributed by atoms with Crippen LogP contribution in [0.15, 0.2) is 40.6 Å². The van der Waals surface area contributed by atoms with Gasteiger partial charge in [0.15, 0.2) is 0 Å². The molecule has 0 radical (unpaired) electrons. The minimum absolute atomic E-state index is 0.0314. The van der Waals surface area contributed by atoms with Crippen LogP contribution in [0.4, 0.5) is 18.9 Å². The average molecular weight is 370 g/mol. The maximum absolute atomic E-state index is 13.1. The number of likely N-dealkylation sites (tertiary alicyclic amines) is 1. The molecule has 2 aliphatic heterocycles. The SMILES string of the molecule is O=C(C1=C(O)CSC1=Nc1ccccc1C(F)(F)F)N1CCCCC1. The number of aliphatic hydroxyl groups excluding tert-OH is 1. The Bertz CT molecular complexity index is 738. The number of para-hydroxylation sites is 1. The van der Waals surface area contributed by atoms with Gasteiger partial charge in [-0.1, -0.05) is 23.9 Å². The molecule has 2 heterocycles. The minimum atomic E-state index is -4.53. The van der Waals surface area contributed by atoms with Gasteiger partial charge in [-0.05, 0) is 31.4 Å². The van der Waals surface area contributed by atoms with Crippen LogP contribution in [0, 0.1) is 0 Å². The fourth-order valence-electron chi connectivity index (χ4n) is 2.88. The number of hydrogen-bond acceptors (Lipinski definition) is 4. The highest BCUT2D eigenvalue weighted by Gasteiger charge is 2.35. The molecule has 1 N–H and O–H groups in total. The number of benzene rings is 1. The van der Waals surface area contributed by atoms with Crippen LogP contribution in [0.5, 0.6) is 0 Å². The number of thioether (sulfide) groups is 1. The summed E-state index contributed by atoms with van der Waals surface area (Å²) in [6.45, 7) is 1.18. The van der Waals surface area contributed by atoms with Crippen LogP contribution >= 0.6 is 11.8 Å². The van der Waals surface area contributed by atoms with Gasteiger partial charge in [0, 0.05) is 13.1 Å². The third-order valence-corrected chi connectivity index (χ3v) is 5.12. The average Bonchev–Trinajstić information content (AvgIpc) is 2.95. The Kier molecular flexibility index (Phi) is 5.08. The van der Waals surface area contributed by atoms with E-state index in [1.165, 1.54) is 18.2 Å². The molecule has 1 fully saturated rings. The van der Waals surface area contributed by atoms with Crippen LogP contribution in [0.3, 0.4) is 0 Å². The molecular weight excluding hydrogens is 353 g/mol. The second-order valence-electron chi connectivity index (χ2n) is 5.90. The van der Waals surface area contributed by atoms with E-state index in [-0.39, 0.29) is 33.7 Å². The first kappa shape index (κ1) is 17.8. The Hall–Kier alpha value is -1.96. The first-order chi connectivity index (χ1) is 11.9. The molecule has 0 aromatic heterocycles. The van der Waals surface area contributed by atoms with E-state index in [4.69, 9.17) is 0 Å². The largest absolute Gasteiger partial charge is 0.510 e. The summed E-state index contributed by atoms with van der Waals surface area (Å²) in [6, 6.07) is 4.97. The van der Waals surface area contributed by atoms with Gasteiger partial charge in [-0.3, -0.25) is 4.79 Å². The van der Waals surface area contributed by atoms with Crippen molar-refractivity contribution in [1.29, 1.82) is 0 Å². The zero-order valence-electron chi connectivity index (χ0n) is 13.3. The van der Waals surface area contributed by atoms with Gasteiger partial charge in [0.25, 0.3) is 5.91 Å². The lowest BCUT2D eigenvalue weighted by molar-refractivity contribution is -0.137. The first-order valence-electron chi connectivity index (χ1n) is 7.97. The molecule has 0 bridgehead atoms. The zero-order chi connectivity index (χ0) is 18.0. The normalized spacial score (nSPS) is 20.4. The van der Waals surface area contributed by atoms with E-state index in [1.54, 1.807) is 4.90 Å². The van der Waals surface area contributed by atoms with Gasteiger partial charge in [0.2, 0.25) is 0 Å². The highest BCUT2D eigenvalue weighted by atomic mass is 32.2. The summed E-state index contributed by atoms with van der Waals surface area (Å²) in [4.78, 5) is 18.4. The van der Waals surface area contributed by atoms with Gasteiger partial charge in [-0.2, -0.15) is 13.2 Å². The van der Waals surface area contributed by atoms with Gasteiger partial charge in [0.1, 0.15) is 16.4 Å².